The van der Waals surface area contributed by atoms with Crippen molar-refractivity contribution in [2.45, 2.75) is 12.5 Å². The van der Waals surface area contributed by atoms with E-state index < -0.39 is 17.8 Å². The molecule has 1 atom stereocenters. The van der Waals surface area contributed by atoms with Gasteiger partial charge >= 0.3 is 5.97 Å². The topological polar surface area (TPSA) is 52.6 Å². The zero-order valence-corrected chi connectivity index (χ0v) is 11.2. The van der Waals surface area contributed by atoms with Crippen molar-refractivity contribution in [2.75, 3.05) is 26.2 Å². The standard InChI is InChI=1S/C13H16ClFN2O2/c14-9-2-3-10(11(15)8-9)12(13(18)19)17-6-1-4-16-5-7-17/h2-3,8,12,16H,1,4-7H2,(H,18,19). The van der Waals surface area contributed by atoms with Crippen LogP contribution in [0.15, 0.2) is 18.2 Å². The van der Waals surface area contributed by atoms with Gasteiger partial charge in [-0.25, -0.2) is 4.39 Å². The van der Waals surface area contributed by atoms with Gasteiger partial charge in [0.1, 0.15) is 11.9 Å². The number of rotatable bonds is 3. The first-order valence-corrected chi connectivity index (χ1v) is 6.60. The van der Waals surface area contributed by atoms with Crippen LogP contribution in [0.3, 0.4) is 0 Å². The maximum Gasteiger partial charge on any atom is 0.325 e. The van der Waals surface area contributed by atoms with Gasteiger partial charge < -0.3 is 10.4 Å². The maximum atomic E-state index is 13.9. The summed E-state index contributed by atoms with van der Waals surface area (Å²) in [6, 6.07) is 3.17. The third-order valence-electron chi connectivity index (χ3n) is 3.23. The Labute approximate surface area is 116 Å². The minimum absolute atomic E-state index is 0.166. The molecule has 0 aromatic heterocycles. The summed E-state index contributed by atoms with van der Waals surface area (Å²) in [4.78, 5) is 13.3. The first-order valence-electron chi connectivity index (χ1n) is 6.22. The van der Waals surface area contributed by atoms with Gasteiger partial charge in [0.15, 0.2) is 0 Å². The average Bonchev–Trinajstić information content (AvgIpc) is 2.61. The lowest BCUT2D eigenvalue weighted by Gasteiger charge is -2.27. The van der Waals surface area contributed by atoms with Gasteiger partial charge in [-0.05, 0) is 25.1 Å². The second-order valence-corrected chi connectivity index (χ2v) is 4.98. The van der Waals surface area contributed by atoms with Crippen molar-refractivity contribution in [1.29, 1.82) is 0 Å². The lowest BCUT2D eigenvalue weighted by Crippen LogP contribution is -2.37. The van der Waals surface area contributed by atoms with E-state index in [0.29, 0.717) is 19.6 Å². The van der Waals surface area contributed by atoms with Crippen molar-refractivity contribution in [2.24, 2.45) is 0 Å². The molecule has 1 aromatic rings. The fourth-order valence-corrected chi connectivity index (χ4v) is 2.49. The maximum absolute atomic E-state index is 13.9. The summed E-state index contributed by atoms with van der Waals surface area (Å²) in [5.74, 6) is -1.61. The second-order valence-electron chi connectivity index (χ2n) is 4.55. The Bertz CT molecular complexity index is 462. The van der Waals surface area contributed by atoms with Crippen LogP contribution in [0.25, 0.3) is 0 Å². The Morgan fingerprint density at radius 3 is 2.89 bits per heavy atom. The van der Waals surface area contributed by atoms with Gasteiger partial charge in [-0.1, -0.05) is 17.7 Å². The predicted octanol–water partition coefficient (Wildman–Crippen LogP) is 1.90. The molecular formula is C13H16ClFN2O2. The molecule has 19 heavy (non-hydrogen) atoms. The van der Waals surface area contributed by atoms with E-state index in [9.17, 15) is 14.3 Å². The fourth-order valence-electron chi connectivity index (χ4n) is 2.33. The predicted molar refractivity (Wildman–Crippen MR) is 70.8 cm³/mol. The van der Waals surface area contributed by atoms with Crippen LogP contribution >= 0.6 is 11.6 Å². The average molecular weight is 287 g/mol. The van der Waals surface area contributed by atoms with Crippen molar-refractivity contribution < 1.29 is 14.3 Å². The molecule has 0 bridgehead atoms. The lowest BCUT2D eigenvalue weighted by atomic mass is 10.0. The van der Waals surface area contributed by atoms with Gasteiger partial charge in [0.2, 0.25) is 0 Å². The summed E-state index contributed by atoms with van der Waals surface area (Å²) in [6.07, 6.45) is 0.846. The highest BCUT2D eigenvalue weighted by molar-refractivity contribution is 6.30. The van der Waals surface area contributed by atoms with Gasteiger partial charge in [0.25, 0.3) is 0 Å². The molecule has 1 fully saturated rings. The lowest BCUT2D eigenvalue weighted by molar-refractivity contribution is -0.143. The monoisotopic (exact) mass is 286 g/mol. The Kier molecular flexibility index (Phi) is 4.74. The van der Waals surface area contributed by atoms with Crippen molar-refractivity contribution >= 4 is 17.6 Å². The molecule has 1 unspecified atom stereocenters. The van der Waals surface area contributed by atoms with Crippen LogP contribution in [0.4, 0.5) is 4.39 Å². The number of benzene rings is 1. The molecule has 0 saturated carbocycles. The van der Waals surface area contributed by atoms with Crippen LogP contribution < -0.4 is 5.32 Å². The Balaban J connectivity index is 2.30. The number of hydrogen-bond donors (Lipinski definition) is 2. The summed E-state index contributed by atoms with van der Waals surface area (Å²) in [7, 11) is 0. The summed E-state index contributed by atoms with van der Waals surface area (Å²) in [5.41, 5.74) is 0.166. The van der Waals surface area contributed by atoms with Crippen LogP contribution in [-0.2, 0) is 4.79 Å². The Morgan fingerprint density at radius 1 is 1.42 bits per heavy atom. The summed E-state index contributed by atoms with van der Waals surface area (Å²) >= 11 is 5.70. The van der Waals surface area contributed by atoms with Crippen molar-refractivity contribution in [3.63, 3.8) is 0 Å². The van der Waals surface area contributed by atoms with E-state index in [1.54, 1.807) is 4.90 Å². The minimum atomic E-state index is -1.04. The van der Waals surface area contributed by atoms with Crippen molar-refractivity contribution in [3.05, 3.63) is 34.6 Å². The van der Waals surface area contributed by atoms with Gasteiger partial charge in [-0.15, -0.1) is 0 Å². The highest BCUT2D eigenvalue weighted by Crippen LogP contribution is 2.26. The number of aliphatic carboxylic acids is 1. The van der Waals surface area contributed by atoms with E-state index >= 15 is 0 Å². The molecule has 1 aliphatic rings. The third kappa shape index (κ3) is 3.43. The van der Waals surface area contributed by atoms with Gasteiger partial charge in [0.05, 0.1) is 0 Å². The van der Waals surface area contributed by atoms with E-state index in [-0.39, 0.29) is 10.6 Å². The van der Waals surface area contributed by atoms with Crippen molar-refractivity contribution in [1.82, 2.24) is 10.2 Å². The van der Waals surface area contributed by atoms with Crippen LogP contribution in [0.2, 0.25) is 5.02 Å². The van der Waals surface area contributed by atoms with E-state index in [1.165, 1.54) is 12.1 Å². The molecule has 2 rings (SSSR count). The molecule has 0 spiro atoms. The third-order valence-corrected chi connectivity index (χ3v) is 3.47. The minimum Gasteiger partial charge on any atom is -0.480 e. The molecular weight excluding hydrogens is 271 g/mol. The normalized spacial score (nSPS) is 18.8. The quantitative estimate of drug-likeness (QED) is 0.891. The summed E-state index contributed by atoms with van der Waals surface area (Å²) in [6.45, 7) is 2.77. The van der Waals surface area contributed by atoms with Gasteiger partial charge in [-0.2, -0.15) is 0 Å². The van der Waals surface area contributed by atoms with Crippen molar-refractivity contribution in [3.8, 4) is 0 Å². The molecule has 2 N–H and O–H groups in total. The smallest absolute Gasteiger partial charge is 0.325 e. The SMILES string of the molecule is O=C(O)C(c1ccc(Cl)cc1F)N1CCCNCC1. The highest BCUT2D eigenvalue weighted by atomic mass is 35.5. The summed E-state index contributed by atoms with van der Waals surface area (Å²) in [5, 5.41) is 12.9. The highest BCUT2D eigenvalue weighted by Gasteiger charge is 2.30. The number of nitrogens with zero attached hydrogens (tertiary/aromatic N) is 1. The van der Waals surface area contributed by atoms with E-state index in [2.05, 4.69) is 5.32 Å². The number of carbonyl (C=O) groups is 1. The zero-order chi connectivity index (χ0) is 13.8. The Morgan fingerprint density at radius 2 is 2.21 bits per heavy atom. The molecule has 0 radical (unpaired) electrons. The van der Waals surface area contributed by atoms with Gasteiger partial charge in [-0.3, -0.25) is 9.69 Å². The number of nitrogens with one attached hydrogen (secondary N) is 1. The number of hydrogen-bond acceptors (Lipinski definition) is 3. The number of halogens is 2. The Hall–Kier alpha value is -1.17. The van der Waals surface area contributed by atoms with E-state index in [0.717, 1.165) is 19.0 Å². The molecule has 0 aliphatic carbocycles. The summed E-state index contributed by atoms with van der Waals surface area (Å²) < 4.78 is 13.9. The zero-order valence-electron chi connectivity index (χ0n) is 10.4. The molecule has 1 heterocycles. The fraction of sp³-hybridized carbons (Fsp3) is 0.462. The molecule has 1 aromatic carbocycles. The molecule has 4 nitrogen and oxygen atoms in total. The first-order chi connectivity index (χ1) is 9.09. The van der Waals surface area contributed by atoms with E-state index in [4.69, 9.17) is 11.6 Å². The second kappa shape index (κ2) is 6.32. The van der Waals surface area contributed by atoms with Gasteiger partial charge in [0, 0.05) is 30.2 Å². The molecule has 104 valence electrons. The number of carboxylic acids is 1. The van der Waals surface area contributed by atoms with E-state index in [1.807, 2.05) is 0 Å². The van der Waals surface area contributed by atoms with Crippen LogP contribution in [0, 0.1) is 5.82 Å². The molecule has 1 aliphatic heterocycles. The largest absolute Gasteiger partial charge is 0.480 e. The first kappa shape index (κ1) is 14.2. The van der Waals surface area contributed by atoms with Crippen LogP contribution in [-0.4, -0.2) is 42.2 Å². The molecule has 6 heteroatoms. The molecule has 1 saturated heterocycles. The van der Waals surface area contributed by atoms with Crippen LogP contribution in [0.1, 0.15) is 18.0 Å². The number of carboxylic acid groups (broad SMARTS) is 1. The van der Waals surface area contributed by atoms with Crippen LogP contribution in [0.5, 0.6) is 0 Å². The molecule has 0 amide bonds.